The lowest BCUT2D eigenvalue weighted by Gasteiger charge is -2.15. The number of amides is 1. The fraction of sp³-hybridized carbons (Fsp3) is 0.273. The van der Waals surface area contributed by atoms with Crippen molar-refractivity contribution in [3.05, 3.63) is 58.1 Å². The molecule has 0 aromatic heterocycles. The van der Waals surface area contributed by atoms with Crippen LogP contribution < -0.4 is 14.4 Å². The molecular weight excluding hydrogens is 436 g/mol. The number of rotatable bonds is 8. The van der Waals surface area contributed by atoms with Crippen LogP contribution >= 0.6 is 15.9 Å². The smallest absolute Gasteiger partial charge is 0.259 e. The molecule has 29 heavy (non-hydrogen) atoms. The fourth-order valence-electron chi connectivity index (χ4n) is 2.43. The summed E-state index contributed by atoms with van der Waals surface area (Å²) in [6.45, 7) is -0.0986. The standard InChI is InChI=1S/C22H25BrN2O4/c1-24(2)17-9-7-16(8-10-17)19(26)11-6-15-12-18(23)22(20(13-15)28-5)29-14-21(27)25(3)4/h6-13H,14H2,1-5H3. The molecule has 0 aliphatic carbocycles. The van der Waals surface area contributed by atoms with Crippen LogP contribution in [0.15, 0.2) is 46.9 Å². The minimum absolute atomic E-state index is 0.0951. The van der Waals surface area contributed by atoms with E-state index < -0.39 is 0 Å². The first kappa shape index (κ1) is 22.5. The Morgan fingerprint density at radius 1 is 1.07 bits per heavy atom. The van der Waals surface area contributed by atoms with Gasteiger partial charge in [-0.2, -0.15) is 0 Å². The van der Waals surface area contributed by atoms with Gasteiger partial charge in [0.15, 0.2) is 23.9 Å². The molecule has 1 amide bonds. The van der Waals surface area contributed by atoms with Crippen LogP contribution in [0.1, 0.15) is 15.9 Å². The predicted molar refractivity (Wildman–Crippen MR) is 119 cm³/mol. The second-order valence-corrected chi connectivity index (χ2v) is 7.60. The minimum atomic E-state index is -0.159. The van der Waals surface area contributed by atoms with Crippen LogP contribution in [-0.2, 0) is 4.79 Å². The van der Waals surface area contributed by atoms with Crippen molar-refractivity contribution in [2.24, 2.45) is 0 Å². The zero-order chi connectivity index (χ0) is 21.6. The Labute approximate surface area is 179 Å². The van der Waals surface area contributed by atoms with Gasteiger partial charge >= 0.3 is 0 Å². The summed E-state index contributed by atoms with van der Waals surface area (Å²) < 4.78 is 11.6. The van der Waals surface area contributed by atoms with Crippen molar-refractivity contribution in [3.8, 4) is 11.5 Å². The maximum absolute atomic E-state index is 12.4. The van der Waals surface area contributed by atoms with Gasteiger partial charge in [-0.25, -0.2) is 0 Å². The van der Waals surface area contributed by atoms with Gasteiger partial charge in [-0.1, -0.05) is 6.08 Å². The number of likely N-dealkylation sites (N-methyl/N-ethyl adjacent to an activating group) is 1. The van der Waals surface area contributed by atoms with Crippen LogP contribution in [0.2, 0.25) is 0 Å². The van der Waals surface area contributed by atoms with E-state index in [2.05, 4.69) is 15.9 Å². The normalized spacial score (nSPS) is 10.7. The fourth-order valence-corrected chi connectivity index (χ4v) is 3.01. The number of carbonyl (C=O) groups is 2. The Bertz CT molecular complexity index is 906. The zero-order valence-electron chi connectivity index (χ0n) is 17.2. The quantitative estimate of drug-likeness (QED) is 0.441. The average molecular weight is 461 g/mol. The van der Waals surface area contributed by atoms with Gasteiger partial charge in [0.25, 0.3) is 5.91 Å². The molecule has 2 rings (SSSR count). The summed E-state index contributed by atoms with van der Waals surface area (Å²) in [5, 5.41) is 0. The second-order valence-electron chi connectivity index (χ2n) is 6.75. The van der Waals surface area contributed by atoms with Crippen LogP contribution in [0.25, 0.3) is 6.08 Å². The maximum Gasteiger partial charge on any atom is 0.259 e. The summed E-state index contributed by atoms with van der Waals surface area (Å²) in [5.74, 6) is 0.648. The van der Waals surface area contributed by atoms with E-state index in [0.717, 1.165) is 11.3 Å². The van der Waals surface area contributed by atoms with Crippen molar-refractivity contribution >= 4 is 39.4 Å². The summed E-state index contributed by atoms with van der Waals surface area (Å²) in [6.07, 6.45) is 3.23. The van der Waals surface area contributed by atoms with Gasteiger partial charge in [0.05, 0.1) is 11.6 Å². The molecule has 154 valence electrons. The first-order chi connectivity index (χ1) is 13.7. The third kappa shape index (κ3) is 6.09. The average Bonchev–Trinajstić information content (AvgIpc) is 2.70. The van der Waals surface area contributed by atoms with E-state index >= 15 is 0 Å². The molecule has 0 bridgehead atoms. The number of benzene rings is 2. The highest BCUT2D eigenvalue weighted by Gasteiger charge is 2.14. The number of ketones is 1. The highest BCUT2D eigenvalue weighted by Crippen LogP contribution is 2.37. The van der Waals surface area contributed by atoms with Gasteiger partial charge in [-0.15, -0.1) is 0 Å². The van der Waals surface area contributed by atoms with E-state index in [0.29, 0.717) is 21.5 Å². The molecule has 0 radical (unpaired) electrons. The maximum atomic E-state index is 12.4. The second kappa shape index (κ2) is 10.1. The first-order valence-electron chi connectivity index (χ1n) is 8.93. The number of ether oxygens (including phenoxy) is 2. The SMILES string of the molecule is COc1cc(C=CC(=O)c2ccc(N(C)C)cc2)cc(Br)c1OCC(=O)N(C)C. The lowest BCUT2D eigenvalue weighted by molar-refractivity contribution is -0.130. The molecule has 0 aliphatic heterocycles. The van der Waals surface area contributed by atoms with Crippen molar-refractivity contribution < 1.29 is 19.1 Å². The van der Waals surface area contributed by atoms with Gasteiger partial charge in [0.2, 0.25) is 0 Å². The molecule has 0 N–H and O–H groups in total. The van der Waals surface area contributed by atoms with Gasteiger partial charge in [-0.05, 0) is 64.0 Å². The van der Waals surface area contributed by atoms with E-state index in [1.165, 1.54) is 18.1 Å². The van der Waals surface area contributed by atoms with Crippen molar-refractivity contribution in [1.29, 1.82) is 0 Å². The van der Waals surface area contributed by atoms with Crippen molar-refractivity contribution in [3.63, 3.8) is 0 Å². The molecule has 0 fully saturated rings. The van der Waals surface area contributed by atoms with Crippen LogP contribution in [-0.4, -0.2) is 58.5 Å². The van der Waals surface area contributed by atoms with Crippen molar-refractivity contribution in [1.82, 2.24) is 4.90 Å². The lowest BCUT2D eigenvalue weighted by Crippen LogP contribution is -2.27. The summed E-state index contributed by atoms with van der Waals surface area (Å²) in [6, 6.07) is 11.0. The number of anilines is 1. The molecule has 2 aromatic carbocycles. The molecule has 2 aromatic rings. The molecule has 0 aliphatic rings. The van der Waals surface area contributed by atoms with Gasteiger partial charge in [-0.3, -0.25) is 9.59 Å². The largest absolute Gasteiger partial charge is 0.493 e. The van der Waals surface area contributed by atoms with Crippen LogP contribution in [0.4, 0.5) is 5.69 Å². The van der Waals surface area contributed by atoms with E-state index in [1.807, 2.05) is 31.1 Å². The number of allylic oxidation sites excluding steroid dienone is 1. The zero-order valence-corrected chi connectivity index (χ0v) is 18.8. The summed E-state index contributed by atoms with van der Waals surface area (Å²) in [5.41, 5.74) is 2.40. The molecule has 0 saturated heterocycles. The monoisotopic (exact) mass is 460 g/mol. The minimum Gasteiger partial charge on any atom is -0.493 e. The number of methoxy groups -OCH3 is 1. The van der Waals surface area contributed by atoms with Crippen molar-refractivity contribution in [2.75, 3.05) is 46.8 Å². The molecule has 0 atom stereocenters. The lowest BCUT2D eigenvalue weighted by atomic mass is 10.1. The third-order valence-electron chi connectivity index (χ3n) is 4.19. The number of hydrogen-bond acceptors (Lipinski definition) is 5. The number of carbonyl (C=O) groups excluding carboxylic acids is 2. The topological polar surface area (TPSA) is 59.1 Å². The molecular formula is C22H25BrN2O4. The Balaban J connectivity index is 2.17. The summed E-state index contributed by atoms with van der Waals surface area (Å²) >= 11 is 3.45. The van der Waals surface area contributed by atoms with Gasteiger partial charge < -0.3 is 19.3 Å². The Morgan fingerprint density at radius 2 is 1.72 bits per heavy atom. The Hall–Kier alpha value is -2.80. The molecule has 6 nitrogen and oxygen atoms in total. The molecule has 0 saturated carbocycles. The molecule has 0 heterocycles. The van der Waals surface area contributed by atoms with E-state index in [9.17, 15) is 9.59 Å². The van der Waals surface area contributed by atoms with Crippen LogP contribution in [0.5, 0.6) is 11.5 Å². The van der Waals surface area contributed by atoms with Crippen LogP contribution in [0, 0.1) is 0 Å². The predicted octanol–water partition coefficient (Wildman–Crippen LogP) is 3.89. The van der Waals surface area contributed by atoms with E-state index in [-0.39, 0.29) is 18.3 Å². The van der Waals surface area contributed by atoms with Crippen molar-refractivity contribution in [2.45, 2.75) is 0 Å². The van der Waals surface area contributed by atoms with Gasteiger partial charge in [0, 0.05) is 39.4 Å². The van der Waals surface area contributed by atoms with E-state index in [4.69, 9.17) is 9.47 Å². The Morgan fingerprint density at radius 3 is 2.28 bits per heavy atom. The van der Waals surface area contributed by atoms with Crippen LogP contribution in [0.3, 0.4) is 0 Å². The third-order valence-corrected chi connectivity index (χ3v) is 4.77. The molecule has 7 heteroatoms. The first-order valence-corrected chi connectivity index (χ1v) is 9.72. The van der Waals surface area contributed by atoms with Gasteiger partial charge in [0.1, 0.15) is 0 Å². The summed E-state index contributed by atoms with van der Waals surface area (Å²) in [7, 11) is 8.75. The summed E-state index contributed by atoms with van der Waals surface area (Å²) in [4.78, 5) is 27.6. The van der Waals surface area contributed by atoms with E-state index in [1.54, 1.807) is 44.4 Å². The Kier molecular flexibility index (Phi) is 7.84. The number of halogens is 1. The highest BCUT2D eigenvalue weighted by atomic mass is 79.9. The molecule has 0 spiro atoms. The highest BCUT2D eigenvalue weighted by molar-refractivity contribution is 9.10. The number of nitrogens with zero attached hydrogens (tertiary/aromatic N) is 2. The number of hydrogen-bond donors (Lipinski definition) is 0. The molecule has 0 unspecified atom stereocenters.